The van der Waals surface area contributed by atoms with Crippen molar-refractivity contribution in [3.8, 4) is 0 Å². The van der Waals surface area contributed by atoms with Crippen LogP contribution < -0.4 is 10.6 Å². The Balaban J connectivity index is 1.67. The van der Waals surface area contributed by atoms with Gasteiger partial charge in [0, 0.05) is 12.6 Å². The second-order valence-corrected chi connectivity index (χ2v) is 3.66. The summed E-state index contributed by atoms with van der Waals surface area (Å²) in [7, 11) is 0. The number of anilines is 1. The minimum Gasteiger partial charge on any atom is -0.338 e. The highest BCUT2D eigenvalue weighted by Crippen LogP contribution is 2.09. The van der Waals surface area contributed by atoms with E-state index in [0.717, 1.165) is 19.5 Å². The van der Waals surface area contributed by atoms with E-state index in [1.807, 2.05) is 6.92 Å². The molecule has 14 heavy (non-hydrogen) atoms. The van der Waals surface area contributed by atoms with Crippen LogP contribution >= 0.6 is 0 Å². The topological polar surface area (TPSA) is 63.0 Å². The molecule has 2 N–H and O–H groups in total. The molecule has 0 amide bonds. The van der Waals surface area contributed by atoms with Crippen molar-refractivity contribution in [2.75, 3.05) is 18.4 Å². The first-order valence-electron chi connectivity index (χ1n) is 5.12. The van der Waals surface area contributed by atoms with Crippen molar-refractivity contribution in [3.05, 3.63) is 5.82 Å². The zero-order chi connectivity index (χ0) is 9.80. The van der Waals surface area contributed by atoms with E-state index >= 15 is 0 Å². The third-order valence-electron chi connectivity index (χ3n) is 2.46. The molecule has 0 saturated carbocycles. The molecule has 1 saturated heterocycles. The van der Waals surface area contributed by atoms with E-state index in [1.165, 1.54) is 12.8 Å². The molecule has 2 heterocycles. The number of aryl methyl sites for hydroxylation is 1. The Morgan fingerprint density at radius 2 is 2.57 bits per heavy atom. The van der Waals surface area contributed by atoms with Crippen molar-refractivity contribution in [2.24, 2.45) is 0 Å². The maximum absolute atomic E-state index is 4.94. The third kappa shape index (κ3) is 2.45. The maximum Gasteiger partial charge on any atom is 0.321 e. The molecule has 1 atom stereocenters. The summed E-state index contributed by atoms with van der Waals surface area (Å²) in [5.74, 6) is 0.673. The van der Waals surface area contributed by atoms with E-state index in [-0.39, 0.29) is 0 Å². The van der Waals surface area contributed by atoms with E-state index < -0.39 is 0 Å². The van der Waals surface area contributed by atoms with Gasteiger partial charge in [0.05, 0.1) is 0 Å². The summed E-state index contributed by atoms with van der Waals surface area (Å²) in [5, 5.41) is 10.3. The Bertz CT molecular complexity index is 280. The number of aromatic nitrogens is 2. The average molecular weight is 196 g/mol. The van der Waals surface area contributed by atoms with Crippen LogP contribution in [0.3, 0.4) is 0 Å². The molecular weight excluding hydrogens is 180 g/mol. The van der Waals surface area contributed by atoms with Crippen LogP contribution in [-0.4, -0.2) is 29.3 Å². The fourth-order valence-corrected chi connectivity index (χ4v) is 1.73. The largest absolute Gasteiger partial charge is 0.338 e. The zero-order valence-electron chi connectivity index (χ0n) is 8.42. The lowest BCUT2D eigenvalue weighted by Crippen LogP contribution is -2.24. The molecule has 1 aromatic rings. The summed E-state index contributed by atoms with van der Waals surface area (Å²) in [6, 6.07) is 1.19. The smallest absolute Gasteiger partial charge is 0.321 e. The summed E-state index contributed by atoms with van der Waals surface area (Å²) in [4.78, 5) is 4.07. The first-order chi connectivity index (χ1) is 6.84. The fourth-order valence-electron chi connectivity index (χ4n) is 1.73. The van der Waals surface area contributed by atoms with Gasteiger partial charge in [0.25, 0.3) is 0 Å². The lowest BCUT2D eigenvalue weighted by molar-refractivity contribution is 0.424. The number of nitrogens with one attached hydrogen (secondary N) is 2. The molecule has 1 aliphatic rings. The van der Waals surface area contributed by atoms with Gasteiger partial charge in [-0.05, 0) is 32.7 Å². The van der Waals surface area contributed by atoms with Crippen LogP contribution in [0.2, 0.25) is 0 Å². The first-order valence-corrected chi connectivity index (χ1v) is 5.12. The average Bonchev–Trinajstić information content (AvgIpc) is 2.77. The van der Waals surface area contributed by atoms with Gasteiger partial charge in [-0.25, -0.2) is 0 Å². The minimum atomic E-state index is 0.528. The predicted octanol–water partition coefficient (Wildman–Crippen LogP) is 0.932. The van der Waals surface area contributed by atoms with Crippen LogP contribution in [0.4, 0.5) is 6.01 Å². The molecule has 0 bridgehead atoms. The van der Waals surface area contributed by atoms with E-state index in [2.05, 4.69) is 20.8 Å². The number of nitrogens with zero attached hydrogens (tertiary/aromatic N) is 2. The van der Waals surface area contributed by atoms with Crippen molar-refractivity contribution < 1.29 is 4.52 Å². The van der Waals surface area contributed by atoms with Crippen molar-refractivity contribution in [1.29, 1.82) is 0 Å². The summed E-state index contributed by atoms with van der Waals surface area (Å²) in [6.45, 7) is 3.86. The molecule has 1 aliphatic heterocycles. The number of hydrogen-bond acceptors (Lipinski definition) is 5. The molecule has 0 aliphatic carbocycles. The number of hydrogen-bond donors (Lipinski definition) is 2. The van der Waals surface area contributed by atoms with Crippen LogP contribution in [0.25, 0.3) is 0 Å². The minimum absolute atomic E-state index is 0.528. The van der Waals surface area contributed by atoms with Crippen molar-refractivity contribution >= 4 is 6.01 Å². The second-order valence-electron chi connectivity index (χ2n) is 3.66. The van der Waals surface area contributed by atoms with E-state index in [1.54, 1.807) is 0 Å². The number of rotatable bonds is 4. The van der Waals surface area contributed by atoms with Gasteiger partial charge in [-0.3, -0.25) is 0 Å². The lowest BCUT2D eigenvalue weighted by Gasteiger charge is -2.08. The van der Waals surface area contributed by atoms with Crippen molar-refractivity contribution in [3.63, 3.8) is 0 Å². The van der Waals surface area contributed by atoms with E-state index in [0.29, 0.717) is 17.9 Å². The predicted molar refractivity (Wildman–Crippen MR) is 53.2 cm³/mol. The zero-order valence-corrected chi connectivity index (χ0v) is 8.42. The van der Waals surface area contributed by atoms with Crippen molar-refractivity contribution in [2.45, 2.75) is 32.2 Å². The Morgan fingerprint density at radius 1 is 1.64 bits per heavy atom. The van der Waals surface area contributed by atoms with Crippen LogP contribution in [0.15, 0.2) is 4.52 Å². The molecule has 2 rings (SSSR count). The van der Waals surface area contributed by atoms with E-state index in [4.69, 9.17) is 4.52 Å². The van der Waals surface area contributed by atoms with Gasteiger partial charge in [-0.15, -0.1) is 0 Å². The Hall–Kier alpha value is -1.10. The normalized spacial score (nSPS) is 21.4. The van der Waals surface area contributed by atoms with Gasteiger partial charge in [0.1, 0.15) is 0 Å². The molecule has 0 aromatic carbocycles. The SMILES string of the molecule is Cc1noc(NCC[C@@H]2CCCN2)n1. The molecular formula is C9H16N4O. The van der Waals surface area contributed by atoms with Gasteiger partial charge in [-0.1, -0.05) is 5.16 Å². The molecule has 0 radical (unpaired) electrons. The highest BCUT2D eigenvalue weighted by molar-refractivity contribution is 5.17. The molecule has 0 unspecified atom stereocenters. The van der Waals surface area contributed by atoms with Gasteiger partial charge in [0.15, 0.2) is 5.82 Å². The third-order valence-corrected chi connectivity index (χ3v) is 2.46. The first kappa shape index (κ1) is 9.45. The Morgan fingerprint density at radius 3 is 3.21 bits per heavy atom. The summed E-state index contributed by atoms with van der Waals surface area (Å²) >= 11 is 0. The van der Waals surface area contributed by atoms with Gasteiger partial charge >= 0.3 is 6.01 Å². The highest BCUT2D eigenvalue weighted by Gasteiger charge is 2.13. The molecule has 78 valence electrons. The van der Waals surface area contributed by atoms with Gasteiger partial charge in [-0.2, -0.15) is 4.98 Å². The quantitative estimate of drug-likeness (QED) is 0.750. The standard InChI is InChI=1S/C9H16N4O/c1-7-12-9(14-13-7)11-6-4-8-3-2-5-10-8/h8,10H,2-6H2,1H3,(H,11,12,13)/t8-/m0/s1. The second kappa shape index (κ2) is 4.41. The van der Waals surface area contributed by atoms with Gasteiger partial charge in [0.2, 0.25) is 0 Å². The Labute approximate surface area is 83.3 Å². The van der Waals surface area contributed by atoms with Crippen LogP contribution in [0.1, 0.15) is 25.1 Å². The summed E-state index contributed by atoms with van der Waals surface area (Å²) in [5.41, 5.74) is 0. The van der Waals surface area contributed by atoms with E-state index in [9.17, 15) is 0 Å². The fraction of sp³-hybridized carbons (Fsp3) is 0.778. The summed E-state index contributed by atoms with van der Waals surface area (Å²) in [6.07, 6.45) is 3.69. The van der Waals surface area contributed by atoms with Gasteiger partial charge < -0.3 is 15.2 Å². The Kier molecular flexibility index (Phi) is 2.98. The van der Waals surface area contributed by atoms with Crippen LogP contribution in [0, 0.1) is 6.92 Å². The molecule has 5 nitrogen and oxygen atoms in total. The maximum atomic E-state index is 4.94. The monoisotopic (exact) mass is 196 g/mol. The molecule has 1 fully saturated rings. The van der Waals surface area contributed by atoms with Crippen LogP contribution in [-0.2, 0) is 0 Å². The van der Waals surface area contributed by atoms with Crippen molar-refractivity contribution in [1.82, 2.24) is 15.5 Å². The van der Waals surface area contributed by atoms with Crippen LogP contribution in [0.5, 0.6) is 0 Å². The molecule has 5 heteroatoms. The molecule has 1 aromatic heterocycles. The lowest BCUT2D eigenvalue weighted by atomic mass is 10.2. The highest BCUT2D eigenvalue weighted by atomic mass is 16.5. The summed E-state index contributed by atoms with van der Waals surface area (Å²) < 4.78 is 4.94. The molecule has 0 spiro atoms.